The number of hydrazone groups is 1. The van der Waals surface area contributed by atoms with Crippen LogP contribution in [0, 0.1) is 10.1 Å². The number of nitro groups is 1. The first-order chi connectivity index (χ1) is 7.80. The third-order valence-electron chi connectivity index (χ3n) is 1.74. The van der Waals surface area contributed by atoms with Crippen LogP contribution >= 0.6 is 0 Å². The predicted molar refractivity (Wildman–Crippen MR) is 59.4 cm³/mol. The first-order valence-electron chi connectivity index (χ1n) is 4.67. The number of nitrogens with one attached hydrogen (secondary N) is 1. The number of carbonyl (C=O) groups is 1. The summed E-state index contributed by atoms with van der Waals surface area (Å²) in [6.07, 6.45) is 1.15. The average molecular weight is 240 g/mol. The molecule has 8 heteroatoms. The Hall–Kier alpha value is -2.22. The molecule has 1 amide bonds. The molecule has 92 valence electrons. The highest BCUT2D eigenvalue weighted by atomic mass is 16.6. The molecule has 0 unspecified atom stereocenters. The Bertz CT molecular complexity index is 458. The summed E-state index contributed by atoms with van der Waals surface area (Å²) in [6.45, 7) is 3.05. The highest BCUT2D eigenvalue weighted by Gasteiger charge is 2.21. The Labute approximate surface area is 96.6 Å². The number of rotatable bonds is 4. The van der Waals surface area contributed by atoms with Crippen LogP contribution in [0.5, 0.6) is 0 Å². The number of nitrogens with zero attached hydrogens (tertiary/aromatic N) is 2. The van der Waals surface area contributed by atoms with Crippen molar-refractivity contribution in [1.82, 2.24) is 5.43 Å². The molecule has 0 fully saturated rings. The van der Waals surface area contributed by atoms with Gasteiger partial charge in [-0.25, -0.2) is 5.43 Å². The fraction of sp³-hybridized carbons (Fsp3) is 0.333. The molecule has 1 rings (SSSR count). The molecule has 0 spiro atoms. The van der Waals surface area contributed by atoms with E-state index in [-0.39, 0.29) is 5.76 Å². The lowest BCUT2D eigenvalue weighted by atomic mass is 10.1. The lowest BCUT2D eigenvalue weighted by Gasteiger charge is -2.14. The third kappa shape index (κ3) is 3.68. The van der Waals surface area contributed by atoms with Crippen LogP contribution in [0.25, 0.3) is 0 Å². The second kappa shape index (κ2) is 4.74. The first-order valence-corrected chi connectivity index (χ1v) is 4.67. The third-order valence-corrected chi connectivity index (χ3v) is 1.74. The van der Waals surface area contributed by atoms with Gasteiger partial charge in [0.05, 0.1) is 17.8 Å². The number of furan rings is 1. The van der Waals surface area contributed by atoms with Gasteiger partial charge in [0.25, 0.3) is 5.91 Å². The van der Waals surface area contributed by atoms with E-state index < -0.39 is 22.3 Å². The molecule has 0 aliphatic heterocycles. The van der Waals surface area contributed by atoms with Crippen LogP contribution in [0.3, 0.4) is 0 Å². The minimum atomic E-state index is -1.05. The second-order valence-corrected chi connectivity index (χ2v) is 3.85. The Kier molecular flexibility index (Phi) is 3.59. The molecule has 1 aromatic rings. The summed E-state index contributed by atoms with van der Waals surface area (Å²) in [6, 6.07) is 2.55. The first kappa shape index (κ1) is 12.8. The van der Waals surface area contributed by atoms with Crippen molar-refractivity contribution in [3.63, 3.8) is 0 Å². The average Bonchev–Trinajstić information content (AvgIpc) is 2.64. The maximum Gasteiger partial charge on any atom is 0.433 e. The molecule has 1 heterocycles. The number of carbonyl (C=O) groups excluding carboxylic acids is 1. The van der Waals surface area contributed by atoms with Gasteiger partial charge in [-0.1, -0.05) is 0 Å². The standard InChI is InChI=1S/C9H12N4O4/c1-9(2,10)8(14)12-11-5-6-3-4-7(17-6)13(15)16/h3-5H,10H2,1-2H3,(H,12,14)/b11-5+. The van der Waals surface area contributed by atoms with Crippen molar-refractivity contribution in [3.8, 4) is 0 Å². The molecule has 0 saturated heterocycles. The zero-order valence-corrected chi connectivity index (χ0v) is 9.34. The summed E-state index contributed by atoms with van der Waals surface area (Å²) in [5, 5.41) is 13.9. The van der Waals surface area contributed by atoms with E-state index in [2.05, 4.69) is 10.5 Å². The number of amides is 1. The lowest BCUT2D eigenvalue weighted by molar-refractivity contribution is -0.402. The monoisotopic (exact) mass is 240 g/mol. The van der Waals surface area contributed by atoms with E-state index in [0.29, 0.717) is 0 Å². The molecule has 0 aromatic carbocycles. The fourth-order valence-corrected chi connectivity index (χ4v) is 0.808. The zero-order valence-electron chi connectivity index (χ0n) is 9.34. The summed E-state index contributed by atoms with van der Waals surface area (Å²) in [7, 11) is 0. The minimum absolute atomic E-state index is 0.159. The van der Waals surface area contributed by atoms with Crippen molar-refractivity contribution in [3.05, 3.63) is 28.0 Å². The van der Waals surface area contributed by atoms with Gasteiger partial charge >= 0.3 is 5.88 Å². The van der Waals surface area contributed by atoms with Crippen LogP contribution in [0.4, 0.5) is 5.88 Å². The SMILES string of the molecule is CC(C)(N)C(=O)N/N=C/c1ccc([N+](=O)[O-])o1. The number of nitrogens with two attached hydrogens (primary N) is 1. The fourth-order valence-electron chi connectivity index (χ4n) is 0.808. The summed E-state index contributed by atoms with van der Waals surface area (Å²) < 4.78 is 4.78. The van der Waals surface area contributed by atoms with Crippen LogP contribution in [-0.4, -0.2) is 22.6 Å². The predicted octanol–water partition coefficient (Wildman–Crippen LogP) is 0.375. The molecule has 0 radical (unpaired) electrons. The molecular weight excluding hydrogens is 228 g/mol. The Balaban J connectivity index is 2.60. The molecule has 17 heavy (non-hydrogen) atoms. The lowest BCUT2D eigenvalue weighted by Crippen LogP contribution is -2.47. The Morgan fingerprint density at radius 1 is 1.65 bits per heavy atom. The molecule has 1 aromatic heterocycles. The van der Waals surface area contributed by atoms with Crippen molar-refractivity contribution in [2.45, 2.75) is 19.4 Å². The molecule has 0 saturated carbocycles. The minimum Gasteiger partial charge on any atom is -0.400 e. The second-order valence-electron chi connectivity index (χ2n) is 3.85. The van der Waals surface area contributed by atoms with Gasteiger partial charge in [-0.15, -0.1) is 0 Å². The van der Waals surface area contributed by atoms with Gasteiger partial charge in [0, 0.05) is 0 Å². The van der Waals surface area contributed by atoms with E-state index in [1.807, 2.05) is 0 Å². The Morgan fingerprint density at radius 2 is 2.29 bits per heavy atom. The number of hydrogen-bond donors (Lipinski definition) is 2. The van der Waals surface area contributed by atoms with Gasteiger partial charge in [-0.2, -0.15) is 5.10 Å². The van der Waals surface area contributed by atoms with Crippen LogP contribution in [0.1, 0.15) is 19.6 Å². The van der Waals surface area contributed by atoms with Gasteiger partial charge in [0.1, 0.15) is 4.92 Å². The topological polar surface area (TPSA) is 124 Å². The van der Waals surface area contributed by atoms with Crippen molar-refractivity contribution < 1.29 is 14.1 Å². The van der Waals surface area contributed by atoms with Gasteiger partial charge in [0.2, 0.25) is 0 Å². The van der Waals surface area contributed by atoms with E-state index in [1.54, 1.807) is 0 Å². The molecule has 3 N–H and O–H groups in total. The maximum atomic E-state index is 11.3. The molecular formula is C9H12N4O4. The smallest absolute Gasteiger partial charge is 0.400 e. The van der Waals surface area contributed by atoms with E-state index in [9.17, 15) is 14.9 Å². The summed E-state index contributed by atoms with van der Waals surface area (Å²) in [5.74, 6) is -0.710. The van der Waals surface area contributed by atoms with Crippen LogP contribution in [0.2, 0.25) is 0 Å². The van der Waals surface area contributed by atoms with Gasteiger partial charge < -0.3 is 10.2 Å². The largest absolute Gasteiger partial charge is 0.433 e. The van der Waals surface area contributed by atoms with Gasteiger partial charge in [0.15, 0.2) is 5.76 Å². The van der Waals surface area contributed by atoms with Crippen LogP contribution < -0.4 is 11.2 Å². The Morgan fingerprint density at radius 3 is 2.76 bits per heavy atom. The molecule has 0 bridgehead atoms. The van der Waals surface area contributed by atoms with Crippen molar-refractivity contribution in [2.24, 2.45) is 10.8 Å². The van der Waals surface area contributed by atoms with E-state index in [0.717, 1.165) is 6.21 Å². The van der Waals surface area contributed by atoms with Crippen molar-refractivity contribution in [1.29, 1.82) is 0 Å². The normalized spacial score (nSPS) is 11.7. The molecule has 0 aliphatic rings. The summed E-state index contributed by atoms with van der Waals surface area (Å²) in [5.41, 5.74) is 6.64. The van der Waals surface area contributed by atoms with Gasteiger partial charge in [-0.05, 0) is 19.9 Å². The molecule has 0 atom stereocenters. The van der Waals surface area contributed by atoms with Crippen LogP contribution in [0.15, 0.2) is 21.7 Å². The maximum absolute atomic E-state index is 11.3. The molecule has 0 aliphatic carbocycles. The quantitative estimate of drug-likeness (QED) is 0.447. The summed E-state index contributed by atoms with van der Waals surface area (Å²) >= 11 is 0. The summed E-state index contributed by atoms with van der Waals surface area (Å²) in [4.78, 5) is 20.9. The molecule has 8 nitrogen and oxygen atoms in total. The van der Waals surface area contributed by atoms with Crippen LogP contribution in [-0.2, 0) is 4.79 Å². The number of hydrogen-bond acceptors (Lipinski definition) is 6. The van der Waals surface area contributed by atoms with E-state index in [1.165, 1.54) is 26.0 Å². The van der Waals surface area contributed by atoms with E-state index in [4.69, 9.17) is 10.2 Å². The van der Waals surface area contributed by atoms with Crippen molar-refractivity contribution >= 4 is 18.0 Å². The highest BCUT2D eigenvalue weighted by Crippen LogP contribution is 2.13. The van der Waals surface area contributed by atoms with E-state index >= 15 is 0 Å². The van der Waals surface area contributed by atoms with Crippen molar-refractivity contribution in [2.75, 3.05) is 0 Å². The zero-order chi connectivity index (χ0) is 13.1. The highest BCUT2D eigenvalue weighted by molar-refractivity contribution is 5.86. The van der Waals surface area contributed by atoms with Gasteiger partial charge in [-0.3, -0.25) is 14.9 Å².